The highest BCUT2D eigenvalue weighted by molar-refractivity contribution is 5.33. The summed E-state index contributed by atoms with van der Waals surface area (Å²) in [5.74, 6) is 0.641. The van der Waals surface area contributed by atoms with Gasteiger partial charge in [-0.15, -0.1) is 0 Å². The summed E-state index contributed by atoms with van der Waals surface area (Å²) in [5, 5.41) is 8.87. The van der Waals surface area contributed by atoms with E-state index in [0.717, 1.165) is 18.6 Å². The molecule has 2 rings (SSSR count). The molecule has 0 heterocycles. The van der Waals surface area contributed by atoms with Crippen LogP contribution in [0, 0.1) is 11.3 Å². The molecule has 0 aliphatic heterocycles. The van der Waals surface area contributed by atoms with Crippen LogP contribution in [0.15, 0.2) is 36.4 Å². The number of hydrogen-bond donors (Lipinski definition) is 0. The molecule has 0 N–H and O–H groups in total. The first-order valence-corrected chi connectivity index (χ1v) is 9.10. The van der Waals surface area contributed by atoms with Gasteiger partial charge in [-0.1, -0.05) is 31.2 Å². The highest BCUT2D eigenvalue weighted by Crippen LogP contribution is 2.34. The molecular formula is C21H29NO. The van der Waals surface area contributed by atoms with Crippen molar-refractivity contribution >= 4 is 0 Å². The fourth-order valence-electron chi connectivity index (χ4n) is 3.29. The summed E-state index contributed by atoms with van der Waals surface area (Å²) in [6.45, 7) is 3.08. The zero-order valence-electron chi connectivity index (χ0n) is 14.3. The summed E-state index contributed by atoms with van der Waals surface area (Å²) >= 11 is 0. The third-order valence-electron chi connectivity index (χ3n) is 4.71. The maximum Gasteiger partial charge on any atom is 0.0991 e. The van der Waals surface area contributed by atoms with Crippen LogP contribution >= 0.6 is 0 Å². The summed E-state index contributed by atoms with van der Waals surface area (Å²) in [5.41, 5.74) is 2.13. The summed E-state index contributed by atoms with van der Waals surface area (Å²) in [4.78, 5) is 0. The number of nitrogens with zero attached hydrogens (tertiary/aromatic N) is 1. The van der Waals surface area contributed by atoms with E-state index in [9.17, 15) is 0 Å². The van der Waals surface area contributed by atoms with E-state index in [1.54, 1.807) is 0 Å². The van der Waals surface area contributed by atoms with Crippen LogP contribution in [0.1, 0.15) is 75.3 Å². The first kappa shape index (κ1) is 17.8. The third kappa shape index (κ3) is 6.20. The molecule has 124 valence electrons. The van der Waals surface area contributed by atoms with Gasteiger partial charge in [0, 0.05) is 6.61 Å². The Bertz CT molecular complexity index is 504. The summed E-state index contributed by atoms with van der Waals surface area (Å²) in [6, 6.07) is 10.3. The van der Waals surface area contributed by atoms with E-state index in [2.05, 4.69) is 37.3 Å². The third-order valence-corrected chi connectivity index (χ3v) is 4.71. The number of allylic oxidation sites excluding steroid dienone is 2. The van der Waals surface area contributed by atoms with Gasteiger partial charge in [-0.2, -0.15) is 5.26 Å². The Kier molecular flexibility index (Phi) is 7.90. The lowest BCUT2D eigenvalue weighted by atomic mass is 9.82. The van der Waals surface area contributed by atoms with Gasteiger partial charge in [0.15, 0.2) is 0 Å². The Morgan fingerprint density at radius 1 is 1.09 bits per heavy atom. The molecule has 0 unspecified atom stereocenters. The first-order chi connectivity index (χ1) is 11.3. The van der Waals surface area contributed by atoms with Crippen LogP contribution in [0.4, 0.5) is 0 Å². The quantitative estimate of drug-likeness (QED) is 0.453. The molecule has 1 aliphatic carbocycles. The van der Waals surface area contributed by atoms with E-state index < -0.39 is 0 Å². The fraction of sp³-hybridized carbons (Fsp3) is 0.571. The molecule has 0 aromatic heterocycles. The molecule has 2 heteroatoms. The maximum absolute atomic E-state index is 8.87. The molecule has 1 aromatic carbocycles. The number of ether oxygens (including phenoxy) is 1. The van der Waals surface area contributed by atoms with Gasteiger partial charge in [-0.05, 0) is 75.0 Å². The van der Waals surface area contributed by atoms with Gasteiger partial charge in [0.2, 0.25) is 0 Å². The SMILES string of the molecule is CC/C=C/CCCCOC1CCC(c2ccc(C#N)cc2)CC1. The van der Waals surface area contributed by atoms with E-state index >= 15 is 0 Å². The van der Waals surface area contributed by atoms with Crippen molar-refractivity contribution in [3.05, 3.63) is 47.5 Å². The van der Waals surface area contributed by atoms with E-state index in [1.165, 1.54) is 50.5 Å². The van der Waals surface area contributed by atoms with Crippen molar-refractivity contribution in [3.8, 4) is 6.07 Å². The lowest BCUT2D eigenvalue weighted by Crippen LogP contribution is -2.21. The van der Waals surface area contributed by atoms with Crippen molar-refractivity contribution in [1.82, 2.24) is 0 Å². The molecule has 0 amide bonds. The van der Waals surface area contributed by atoms with Gasteiger partial charge in [0.1, 0.15) is 0 Å². The molecule has 1 saturated carbocycles. The number of nitriles is 1. The van der Waals surface area contributed by atoms with E-state index in [4.69, 9.17) is 10.00 Å². The highest BCUT2D eigenvalue weighted by atomic mass is 16.5. The predicted molar refractivity (Wildman–Crippen MR) is 95.4 cm³/mol. The number of benzene rings is 1. The summed E-state index contributed by atoms with van der Waals surface area (Å²) in [6.07, 6.45) is 14.4. The monoisotopic (exact) mass is 311 g/mol. The molecular weight excluding hydrogens is 282 g/mol. The average molecular weight is 311 g/mol. The molecule has 0 spiro atoms. The van der Waals surface area contributed by atoms with Crippen molar-refractivity contribution in [1.29, 1.82) is 5.26 Å². The fourth-order valence-corrected chi connectivity index (χ4v) is 3.29. The standard InChI is InChI=1S/C21H29NO/c1-2-3-4-5-6-7-16-23-21-14-12-20(13-15-21)19-10-8-18(17-22)9-11-19/h3-4,8-11,20-21H,2,5-7,12-16H2,1H3/b4-3+. The normalized spacial score (nSPS) is 21.4. The van der Waals surface area contributed by atoms with E-state index in [1.807, 2.05) is 12.1 Å². The van der Waals surface area contributed by atoms with Gasteiger partial charge in [0.05, 0.1) is 17.7 Å². The minimum atomic E-state index is 0.454. The largest absolute Gasteiger partial charge is 0.378 e. The lowest BCUT2D eigenvalue weighted by molar-refractivity contribution is 0.0229. The van der Waals surface area contributed by atoms with Crippen molar-refractivity contribution in [2.24, 2.45) is 0 Å². The molecule has 0 bridgehead atoms. The van der Waals surface area contributed by atoms with Crippen LogP contribution in [0.2, 0.25) is 0 Å². The number of hydrogen-bond acceptors (Lipinski definition) is 2. The van der Waals surface area contributed by atoms with Crippen molar-refractivity contribution in [2.45, 2.75) is 70.3 Å². The van der Waals surface area contributed by atoms with Gasteiger partial charge in [-0.3, -0.25) is 0 Å². The smallest absolute Gasteiger partial charge is 0.0991 e. The minimum Gasteiger partial charge on any atom is -0.378 e. The van der Waals surface area contributed by atoms with Crippen LogP contribution in [0.5, 0.6) is 0 Å². The predicted octanol–water partition coefficient (Wildman–Crippen LogP) is 5.74. The second-order valence-electron chi connectivity index (χ2n) is 6.45. The topological polar surface area (TPSA) is 33.0 Å². The Morgan fingerprint density at radius 3 is 2.48 bits per heavy atom. The Balaban J connectivity index is 1.62. The van der Waals surface area contributed by atoms with Crippen LogP contribution in [-0.4, -0.2) is 12.7 Å². The summed E-state index contributed by atoms with van der Waals surface area (Å²) < 4.78 is 6.04. The Labute approximate surface area is 141 Å². The number of unbranched alkanes of at least 4 members (excludes halogenated alkanes) is 2. The van der Waals surface area contributed by atoms with Crippen LogP contribution in [0.25, 0.3) is 0 Å². The zero-order valence-corrected chi connectivity index (χ0v) is 14.3. The molecule has 1 aliphatic rings. The van der Waals surface area contributed by atoms with Gasteiger partial charge in [0.25, 0.3) is 0 Å². The molecule has 1 aromatic rings. The van der Waals surface area contributed by atoms with Gasteiger partial charge >= 0.3 is 0 Å². The second-order valence-corrected chi connectivity index (χ2v) is 6.45. The van der Waals surface area contributed by atoms with Crippen LogP contribution < -0.4 is 0 Å². The van der Waals surface area contributed by atoms with Crippen molar-refractivity contribution in [3.63, 3.8) is 0 Å². The molecule has 1 fully saturated rings. The van der Waals surface area contributed by atoms with Crippen molar-refractivity contribution in [2.75, 3.05) is 6.61 Å². The zero-order chi connectivity index (χ0) is 16.3. The van der Waals surface area contributed by atoms with E-state index in [-0.39, 0.29) is 0 Å². The average Bonchev–Trinajstić information content (AvgIpc) is 2.61. The molecule has 0 radical (unpaired) electrons. The first-order valence-electron chi connectivity index (χ1n) is 9.10. The van der Waals surface area contributed by atoms with Crippen LogP contribution in [0.3, 0.4) is 0 Å². The molecule has 0 atom stereocenters. The summed E-state index contributed by atoms with van der Waals surface area (Å²) in [7, 11) is 0. The maximum atomic E-state index is 8.87. The number of rotatable bonds is 8. The van der Waals surface area contributed by atoms with Crippen LogP contribution in [-0.2, 0) is 4.74 Å². The molecule has 2 nitrogen and oxygen atoms in total. The highest BCUT2D eigenvalue weighted by Gasteiger charge is 2.22. The van der Waals surface area contributed by atoms with Crippen molar-refractivity contribution < 1.29 is 4.74 Å². The van der Waals surface area contributed by atoms with Gasteiger partial charge in [-0.25, -0.2) is 0 Å². The van der Waals surface area contributed by atoms with E-state index in [0.29, 0.717) is 12.0 Å². The minimum absolute atomic E-state index is 0.454. The van der Waals surface area contributed by atoms with Gasteiger partial charge < -0.3 is 4.74 Å². The second kappa shape index (κ2) is 10.2. The lowest BCUT2D eigenvalue weighted by Gasteiger charge is -2.29. The Morgan fingerprint density at radius 2 is 1.83 bits per heavy atom. The molecule has 23 heavy (non-hydrogen) atoms. The Hall–Kier alpha value is -1.59. The molecule has 0 saturated heterocycles.